The average molecular weight is 360 g/mol. The van der Waals surface area contributed by atoms with Crippen LogP contribution in [0.25, 0.3) is 0 Å². The molecule has 2 aromatic rings. The Morgan fingerprint density at radius 3 is 2.12 bits per heavy atom. The smallest absolute Gasteiger partial charge is 0.265 e. The Hall–Kier alpha value is -2.86. The lowest BCUT2D eigenvalue weighted by molar-refractivity contribution is -0.120. The molecular formula is C18H18ClN3O3. The van der Waals surface area contributed by atoms with Gasteiger partial charge in [0.2, 0.25) is 5.91 Å². The summed E-state index contributed by atoms with van der Waals surface area (Å²) in [6, 6.07) is 13.9. The summed E-state index contributed by atoms with van der Waals surface area (Å²) < 4.78 is 0. The van der Waals surface area contributed by atoms with Crippen LogP contribution < -0.4 is 10.6 Å². The molecule has 6 nitrogen and oxygen atoms in total. The summed E-state index contributed by atoms with van der Waals surface area (Å²) in [5.74, 6) is -0.451. The maximum atomic E-state index is 11.8. The van der Waals surface area contributed by atoms with Crippen LogP contribution in [-0.4, -0.2) is 24.1 Å². The molecule has 0 saturated heterocycles. The van der Waals surface area contributed by atoms with E-state index in [0.717, 1.165) is 5.56 Å². The molecule has 7 heteroatoms. The predicted molar refractivity (Wildman–Crippen MR) is 99.0 cm³/mol. The van der Waals surface area contributed by atoms with Gasteiger partial charge >= 0.3 is 0 Å². The van der Waals surface area contributed by atoms with Gasteiger partial charge in [0.25, 0.3) is 5.91 Å². The fourth-order valence-electron chi connectivity index (χ4n) is 1.97. The van der Waals surface area contributed by atoms with Gasteiger partial charge in [-0.1, -0.05) is 28.9 Å². The highest BCUT2D eigenvalue weighted by Gasteiger charge is 2.04. The Labute approximate surface area is 150 Å². The van der Waals surface area contributed by atoms with Gasteiger partial charge in [-0.3, -0.25) is 9.59 Å². The number of halogens is 1. The summed E-state index contributed by atoms with van der Waals surface area (Å²) in [5.41, 5.74) is 2.78. The van der Waals surface area contributed by atoms with Crippen molar-refractivity contribution in [2.24, 2.45) is 5.16 Å². The van der Waals surface area contributed by atoms with Crippen LogP contribution in [0.3, 0.4) is 0 Å². The summed E-state index contributed by atoms with van der Waals surface area (Å²) >= 11 is 5.78. The second-order valence-electron chi connectivity index (χ2n) is 5.26. The topological polar surface area (TPSA) is 79.8 Å². The van der Waals surface area contributed by atoms with Crippen LogP contribution in [0, 0.1) is 0 Å². The zero-order valence-corrected chi connectivity index (χ0v) is 14.6. The molecule has 0 atom stereocenters. The molecular weight excluding hydrogens is 342 g/mol. The highest BCUT2D eigenvalue weighted by Crippen LogP contribution is 2.13. The molecule has 2 amide bonds. The van der Waals surface area contributed by atoms with E-state index in [2.05, 4.69) is 15.8 Å². The number of anilines is 2. The quantitative estimate of drug-likeness (QED) is 0.610. The zero-order valence-electron chi connectivity index (χ0n) is 13.9. The Balaban J connectivity index is 1.84. The number of carbonyl (C=O) groups is 2. The monoisotopic (exact) mass is 359 g/mol. The van der Waals surface area contributed by atoms with Gasteiger partial charge in [0, 0.05) is 23.3 Å². The summed E-state index contributed by atoms with van der Waals surface area (Å²) in [4.78, 5) is 27.9. The van der Waals surface area contributed by atoms with Crippen LogP contribution >= 0.6 is 11.6 Å². The Bertz CT molecular complexity index is 771. The first kappa shape index (κ1) is 18.5. The minimum Gasteiger partial charge on any atom is -0.385 e. The van der Waals surface area contributed by atoms with Gasteiger partial charge in [-0.15, -0.1) is 0 Å². The molecule has 2 rings (SSSR count). The van der Waals surface area contributed by atoms with Crippen LogP contribution in [0.15, 0.2) is 53.7 Å². The molecule has 2 N–H and O–H groups in total. The lowest BCUT2D eigenvalue weighted by Gasteiger charge is -2.06. The second-order valence-corrected chi connectivity index (χ2v) is 5.70. The Morgan fingerprint density at radius 2 is 1.52 bits per heavy atom. The minimum atomic E-state index is -0.320. The fourth-order valence-corrected chi connectivity index (χ4v) is 2.09. The second kappa shape index (κ2) is 8.84. The van der Waals surface area contributed by atoms with Crippen molar-refractivity contribution in [1.82, 2.24) is 0 Å². The number of nitrogens with one attached hydrogen (secondary N) is 2. The molecule has 0 radical (unpaired) electrons. The van der Waals surface area contributed by atoms with E-state index < -0.39 is 0 Å². The first-order valence-electron chi connectivity index (χ1n) is 7.54. The first-order valence-corrected chi connectivity index (χ1v) is 7.92. The third-order valence-electron chi connectivity index (χ3n) is 3.15. The lowest BCUT2D eigenvalue weighted by atomic mass is 10.1. The van der Waals surface area contributed by atoms with E-state index in [1.54, 1.807) is 55.5 Å². The van der Waals surface area contributed by atoms with Crippen LogP contribution in [0.1, 0.15) is 19.4 Å². The van der Waals surface area contributed by atoms with Crippen molar-refractivity contribution in [1.29, 1.82) is 0 Å². The maximum absolute atomic E-state index is 11.8. The molecule has 0 aliphatic heterocycles. The summed E-state index contributed by atoms with van der Waals surface area (Å²) in [7, 11) is 0. The van der Waals surface area contributed by atoms with Gasteiger partial charge in [-0.25, -0.2) is 0 Å². The molecule has 0 saturated carbocycles. The number of hydrogen-bond donors (Lipinski definition) is 2. The third-order valence-corrected chi connectivity index (χ3v) is 3.40. The summed E-state index contributed by atoms with van der Waals surface area (Å²) in [5, 5.41) is 9.89. The van der Waals surface area contributed by atoms with Gasteiger partial charge in [-0.05, 0) is 48.9 Å². The predicted octanol–water partition coefficient (Wildman–Crippen LogP) is 3.68. The van der Waals surface area contributed by atoms with Crippen molar-refractivity contribution >= 4 is 40.5 Å². The van der Waals surface area contributed by atoms with E-state index in [1.165, 1.54) is 6.92 Å². The molecule has 0 bridgehead atoms. The molecule has 0 unspecified atom stereocenters. The first-order chi connectivity index (χ1) is 11.9. The van der Waals surface area contributed by atoms with Gasteiger partial charge in [0.05, 0.1) is 5.71 Å². The largest absolute Gasteiger partial charge is 0.385 e. The number of hydrogen-bond acceptors (Lipinski definition) is 4. The lowest BCUT2D eigenvalue weighted by Crippen LogP contribution is -2.17. The van der Waals surface area contributed by atoms with E-state index in [9.17, 15) is 9.59 Å². The summed E-state index contributed by atoms with van der Waals surface area (Å²) in [6.45, 7) is 3.01. The van der Waals surface area contributed by atoms with E-state index in [4.69, 9.17) is 16.4 Å². The normalized spacial score (nSPS) is 10.9. The van der Waals surface area contributed by atoms with Crippen LogP contribution in [0.5, 0.6) is 0 Å². The van der Waals surface area contributed by atoms with Crippen molar-refractivity contribution in [2.75, 3.05) is 17.2 Å². The number of rotatable bonds is 6. The van der Waals surface area contributed by atoms with Gasteiger partial charge in [-0.2, -0.15) is 0 Å². The SMILES string of the molecule is CC(=O)Nc1ccc(/C(C)=N/OCC(=O)Nc2ccc(Cl)cc2)cc1. The Morgan fingerprint density at radius 1 is 0.960 bits per heavy atom. The standard InChI is InChI=1S/C18H18ClN3O3/c1-12(14-3-7-16(8-4-14)20-13(2)23)22-25-11-18(24)21-17-9-5-15(19)6-10-17/h3-10H,11H2,1-2H3,(H,20,23)(H,21,24)/b22-12+. The van der Waals surface area contributed by atoms with Gasteiger partial charge in [0.15, 0.2) is 6.61 Å². The van der Waals surface area contributed by atoms with Crippen LogP contribution in [0.2, 0.25) is 5.02 Å². The Kier molecular flexibility index (Phi) is 6.54. The molecule has 0 aliphatic rings. The van der Waals surface area contributed by atoms with Gasteiger partial charge in [0.1, 0.15) is 0 Å². The minimum absolute atomic E-state index is 0.131. The molecule has 2 aromatic carbocycles. The molecule has 0 spiro atoms. The molecule has 130 valence electrons. The fraction of sp³-hybridized carbons (Fsp3) is 0.167. The van der Waals surface area contributed by atoms with Gasteiger partial charge < -0.3 is 15.5 Å². The highest BCUT2D eigenvalue weighted by molar-refractivity contribution is 6.30. The maximum Gasteiger partial charge on any atom is 0.265 e. The van der Waals surface area contributed by atoms with Crippen molar-refractivity contribution in [3.63, 3.8) is 0 Å². The molecule has 0 aliphatic carbocycles. The molecule has 0 heterocycles. The number of benzene rings is 2. The van der Waals surface area contributed by atoms with Crippen molar-refractivity contribution in [2.45, 2.75) is 13.8 Å². The number of amides is 2. The molecule has 25 heavy (non-hydrogen) atoms. The van der Waals surface area contributed by atoms with Crippen molar-refractivity contribution < 1.29 is 14.4 Å². The van der Waals surface area contributed by atoms with Crippen molar-refractivity contribution in [3.05, 3.63) is 59.1 Å². The van der Waals surface area contributed by atoms with E-state index in [1.807, 2.05) is 0 Å². The van der Waals surface area contributed by atoms with E-state index in [-0.39, 0.29) is 18.4 Å². The molecule has 0 aromatic heterocycles. The summed E-state index contributed by atoms with van der Waals surface area (Å²) in [6.07, 6.45) is 0. The molecule has 0 fully saturated rings. The van der Waals surface area contributed by atoms with Crippen LogP contribution in [0.4, 0.5) is 11.4 Å². The van der Waals surface area contributed by atoms with Crippen molar-refractivity contribution in [3.8, 4) is 0 Å². The zero-order chi connectivity index (χ0) is 18.2. The number of nitrogens with zero attached hydrogens (tertiary/aromatic N) is 1. The number of carbonyl (C=O) groups excluding carboxylic acids is 2. The third kappa shape index (κ3) is 6.27. The highest BCUT2D eigenvalue weighted by atomic mass is 35.5. The number of oxime groups is 1. The van der Waals surface area contributed by atoms with E-state index >= 15 is 0 Å². The average Bonchev–Trinajstić information content (AvgIpc) is 2.57. The van der Waals surface area contributed by atoms with E-state index in [0.29, 0.717) is 22.1 Å². The van der Waals surface area contributed by atoms with Crippen LogP contribution in [-0.2, 0) is 14.4 Å².